The van der Waals surface area contributed by atoms with E-state index in [0.29, 0.717) is 11.7 Å². The second-order valence-electron chi connectivity index (χ2n) is 6.31. The number of rotatable bonds is 8. The van der Waals surface area contributed by atoms with Crippen LogP contribution in [0.2, 0.25) is 5.15 Å². The molecule has 0 atom stereocenters. The number of nitrogens with one attached hydrogen (secondary N) is 2. The van der Waals surface area contributed by atoms with Crippen molar-refractivity contribution in [2.75, 3.05) is 13.6 Å². The maximum atomic E-state index is 5.81. The maximum Gasteiger partial charge on any atom is 0.191 e. The van der Waals surface area contributed by atoms with E-state index in [1.807, 2.05) is 18.2 Å². The number of thiazole rings is 1. The zero-order valence-electron chi connectivity index (χ0n) is 15.9. The summed E-state index contributed by atoms with van der Waals surface area (Å²) in [6, 6.07) is 14.3. The van der Waals surface area contributed by atoms with Crippen LogP contribution in [0.1, 0.15) is 21.8 Å². The quantitative estimate of drug-likeness (QED) is 0.334. The number of nitrogens with zero attached hydrogens (tertiary/aromatic N) is 3. The fraction of sp³-hybridized carbons (Fsp3) is 0.286. The average Bonchev–Trinajstić information content (AvgIpc) is 3.19. The second kappa shape index (κ2) is 10.8. The second-order valence-corrected chi connectivity index (χ2v) is 7.64. The van der Waals surface area contributed by atoms with Gasteiger partial charge in [0.2, 0.25) is 0 Å². The summed E-state index contributed by atoms with van der Waals surface area (Å²) < 4.78 is 0. The highest BCUT2D eigenvalue weighted by atomic mass is 35.5. The first kappa shape index (κ1) is 20.3. The van der Waals surface area contributed by atoms with E-state index in [1.54, 1.807) is 24.6 Å². The Kier molecular flexibility index (Phi) is 7.82. The predicted molar refractivity (Wildman–Crippen MR) is 117 cm³/mol. The van der Waals surface area contributed by atoms with E-state index < -0.39 is 0 Å². The average molecular weight is 414 g/mol. The lowest BCUT2D eigenvalue weighted by Crippen LogP contribution is -2.37. The molecule has 0 amide bonds. The summed E-state index contributed by atoms with van der Waals surface area (Å²) >= 11 is 7.52. The minimum Gasteiger partial charge on any atom is -0.356 e. The molecular formula is C21H24ClN5S. The maximum absolute atomic E-state index is 5.81. The van der Waals surface area contributed by atoms with Gasteiger partial charge in [0.1, 0.15) is 5.15 Å². The van der Waals surface area contributed by atoms with E-state index in [1.165, 1.54) is 10.6 Å². The van der Waals surface area contributed by atoms with E-state index >= 15 is 0 Å². The van der Waals surface area contributed by atoms with Crippen LogP contribution in [0, 0.1) is 0 Å². The summed E-state index contributed by atoms with van der Waals surface area (Å²) in [4.78, 5) is 13.1. The topological polar surface area (TPSA) is 62.2 Å². The molecule has 0 spiro atoms. The van der Waals surface area contributed by atoms with E-state index in [0.717, 1.165) is 43.0 Å². The summed E-state index contributed by atoms with van der Waals surface area (Å²) in [6.07, 6.45) is 4.64. The molecule has 146 valence electrons. The van der Waals surface area contributed by atoms with Crippen LogP contribution in [0.3, 0.4) is 0 Å². The molecule has 0 aliphatic heterocycles. The predicted octanol–water partition coefficient (Wildman–Crippen LogP) is 3.88. The molecule has 0 bridgehead atoms. The molecule has 28 heavy (non-hydrogen) atoms. The zero-order chi connectivity index (χ0) is 19.6. The van der Waals surface area contributed by atoms with Crippen LogP contribution in [-0.2, 0) is 25.8 Å². The van der Waals surface area contributed by atoms with E-state index in [4.69, 9.17) is 16.6 Å². The van der Waals surface area contributed by atoms with Crippen molar-refractivity contribution < 1.29 is 0 Å². The van der Waals surface area contributed by atoms with E-state index in [2.05, 4.69) is 50.3 Å². The monoisotopic (exact) mass is 413 g/mol. The minimum absolute atomic E-state index is 0.514. The van der Waals surface area contributed by atoms with Crippen molar-refractivity contribution in [1.82, 2.24) is 20.6 Å². The molecule has 2 N–H and O–H groups in total. The number of aliphatic imine (C=N–C) groups is 1. The molecule has 3 rings (SSSR count). The molecule has 1 aromatic carbocycles. The number of benzene rings is 1. The van der Waals surface area contributed by atoms with Gasteiger partial charge in [-0.05, 0) is 30.0 Å². The molecule has 0 aliphatic carbocycles. The standard InChI is InChI=1S/C21H24ClN5S/c1-23-21(24-12-11-17-7-9-19(22)25-13-17)26-14-18-15-28-20(27-18)10-8-16-5-3-2-4-6-16/h2-7,9,13,15H,8,10-12,14H2,1H3,(H2,23,24,26). The van der Waals surface area contributed by atoms with Crippen molar-refractivity contribution in [3.05, 3.63) is 81.0 Å². The van der Waals surface area contributed by atoms with Gasteiger partial charge in [-0.3, -0.25) is 4.99 Å². The number of guanidine groups is 1. The Balaban J connectivity index is 1.40. The molecule has 0 fully saturated rings. The van der Waals surface area contributed by atoms with Crippen molar-refractivity contribution in [3.63, 3.8) is 0 Å². The van der Waals surface area contributed by atoms with Crippen LogP contribution in [0.5, 0.6) is 0 Å². The number of aromatic nitrogens is 2. The Morgan fingerprint density at radius 3 is 2.64 bits per heavy atom. The van der Waals surface area contributed by atoms with Crippen LogP contribution in [0.4, 0.5) is 0 Å². The smallest absolute Gasteiger partial charge is 0.191 e. The fourth-order valence-corrected chi connectivity index (χ4v) is 3.63. The first-order valence-electron chi connectivity index (χ1n) is 9.25. The largest absolute Gasteiger partial charge is 0.356 e. The van der Waals surface area contributed by atoms with E-state index in [-0.39, 0.29) is 0 Å². The van der Waals surface area contributed by atoms with Gasteiger partial charge in [-0.1, -0.05) is 48.0 Å². The molecule has 5 nitrogen and oxygen atoms in total. The third-order valence-corrected chi connectivity index (χ3v) is 5.41. The molecule has 3 aromatic rings. The van der Waals surface area contributed by atoms with Gasteiger partial charge >= 0.3 is 0 Å². The first-order chi connectivity index (χ1) is 13.7. The van der Waals surface area contributed by atoms with E-state index in [9.17, 15) is 0 Å². The highest BCUT2D eigenvalue weighted by molar-refractivity contribution is 7.09. The van der Waals surface area contributed by atoms with Crippen molar-refractivity contribution in [1.29, 1.82) is 0 Å². The molecule has 0 radical (unpaired) electrons. The Morgan fingerprint density at radius 1 is 1.04 bits per heavy atom. The van der Waals surface area contributed by atoms with Gasteiger partial charge in [-0.25, -0.2) is 9.97 Å². The third-order valence-electron chi connectivity index (χ3n) is 4.22. The van der Waals surface area contributed by atoms with Crippen LogP contribution in [-0.4, -0.2) is 29.5 Å². The molecule has 0 unspecified atom stereocenters. The summed E-state index contributed by atoms with van der Waals surface area (Å²) in [5, 5.41) is 10.4. The Bertz CT molecular complexity index is 877. The molecule has 7 heteroatoms. The van der Waals surface area contributed by atoms with Gasteiger partial charge in [0, 0.05) is 31.6 Å². The molecule has 2 heterocycles. The van der Waals surface area contributed by atoms with Gasteiger partial charge in [0.25, 0.3) is 0 Å². The number of halogens is 1. The number of hydrogen-bond donors (Lipinski definition) is 2. The minimum atomic E-state index is 0.514. The summed E-state index contributed by atoms with van der Waals surface area (Å²) in [5.74, 6) is 0.765. The molecule has 0 saturated heterocycles. The Hall–Kier alpha value is -2.44. The Labute approximate surface area is 174 Å². The lowest BCUT2D eigenvalue weighted by molar-refractivity contribution is 0.781. The van der Waals surface area contributed by atoms with Crippen molar-refractivity contribution in [2.45, 2.75) is 25.8 Å². The van der Waals surface area contributed by atoms with Gasteiger partial charge in [-0.15, -0.1) is 11.3 Å². The summed E-state index contributed by atoms with van der Waals surface area (Å²) in [6.45, 7) is 1.42. The normalized spacial score (nSPS) is 11.4. The summed E-state index contributed by atoms with van der Waals surface area (Å²) in [5.41, 5.74) is 3.52. The van der Waals surface area contributed by atoms with Crippen molar-refractivity contribution in [3.8, 4) is 0 Å². The number of aryl methyl sites for hydroxylation is 2. The summed E-state index contributed by atoms with van der Waals surface area (Å²) in [7, 11) is 1.77. The van der Waals surface area contributed by atoms with Crippen LogP contribution < -0.4 is 10.6 Å². The van der Waals surface area contributed by atoms with Crippen LogP contribution in [0.15, 0.2) is 59.0 Å². The molecule has 2 aromatic heterocycles. The number of pyridine rings is 1. The highest BCUT2D eigenvalue weighted by Crippen LogP contribution is 2.13. The Morgan fingerprint density at radius 2 is 1.89 bits per heavy atom. The van der Waals surface area contributed by atoms with Crippen molar-refractivity contribution >= 4 is 28.9 Å². The lowest BCUT2D eigenvalue weighted by atomic mass is 10.1. The molecule has 0 saturated carbocycles. The van der Waals surface area contributed by atoms with Gasteiger partial charge in [0.15, 0.2) is 5.96 Å². The highest BCUT2D eigenvalue weighted by Gasteiger charge is 2.04. The number of hydrogen-bond acceptors (Lipinski definition) is 4. The zero-order valence-corrected chi connectivity index (χ0v) is 17.4. The fourth-order valence-electron chi connectivity index (χ4n) is 2.72. The third kappa shape index (κ3) is 6.62. The molecular weight excluding hydrogens is 390 g/mol. The van der Waals surface area contributed by atoms with Gasteiger partial charge in [0.05, 0.1) is 17.2 Å². The van der Waals surface area contributed by atoms with Gasteiger partial charge < -0.3 is 10.6 Å². The SMILES string of the molecule is CN=C(NCCc1ccc(Cl)nc1)NCc1csc(CCc2ccccc2)n1. The van der Waals surface area contributed by atoms with Gasteiger partial charge in [-0.2, -0.15) is 0 Å². The van der Waals surface area contributed by atoms with Crippen LogP contribution >= 0.6 is 22.9 Å². The molecule has 0 aliphatic rings. The lowest BCUT2D eigenvalue weighted by Gasteiger charge is -2.11. The van der Waals surface area contributed by atoms with Crippen LogP contribution in [0.25, 0.3) is 0 Å². The first-order valence-corrected chi connectivity index (χ1v) is 10.5. The van der Waals surface area contributed by atoms with Crippen molar-refractivity contribution in [2.24, 2.45) is 4.99 Å².